The Morgan fingerprint density at radius 2 is 2.31 bits per heavy atom. The van der Waals surface area contributed by atoms with Crippen molar-refractivity contribution in [1.29, 1.82) is 5.26 Å². The van der Waals surface area contributed by atoms with Crippen LogP contribution in [0.2, 0.25) is 0 Å². The fourth-order valence-electron chi connectivity index (χ4n) is 1.26. The quantitative estimate of drug-likeness (QED) is 0.855. The van der Waals surface area contributed by atoms with Crippen molar-refractivity contribution in [3.63, 3.8) is 0 Å². The van der Waals surface area contributed by atoms with Crippen molar-refractivity contribution >= 4 is 17.4 Å². The van der Waals surface area contributed by atoms with Gasteiger partial charge in [0.05, 0.1) is 17.3 Å². The third-order valence-electron chi connectivity index (χ3n) is 2.37. The predicted molar refractivity (Wildman–Crippen MR) is 67.2 cm³/mol. The molecule has 0 amide bonds. The molecular formula is C12H15FN2S. The minimum Gasteiger partial charge on any atom is -0.383 e. The van der Waals surface area contributed by atoms with Crippen molar-refractivity contribution in [3.05, 3.63) is 29.6 Å². The van der Waals surface area contributed by atoms with E-state index in [9.17, 15) is 4.39 Å². The van der Waals surface area contributed by atoms with Gasteiger partial charge in [0.1, 0.15) is 5.82 Å². The topological polar surface area (TPSA) is 35.8 Å². The monoisotopic (exact) mass is 238 g/mol. The fraction of sp³-hybridized carbons (Fsp3) is 0.417. The zero-order chi connectivity index (χ0) is 12.0. The van der Waals surface area contributed by atoms with E-state index >= 15 is 0 Å². The molecule has 0 heterocycles. The summed E-state index contributed by atoms with van der Waals surface area (Å²) in [6.07, 6.45) is 3.05. The molecule has 0 fully saturated rings. The molecule has 0 aliphatic carbocycles. The van der Waals surface area contributed by atoms with Gasteiger partial charge in [0.25, 0.3) is 0 Å². The molecule has 0 saturated heterocycles. The van der Waals surface area contributed by atoms with Gasteiger partial charge in [-0.05, 0) is 30.9 Å². The predicted octanol–water partition coefficient (Wildman–Crippen LogP) is 3.25. The van der Waals surface area contributed by atoms with Crippen LogP contribution in [0.3, 0.4) is 0 Å². The van der Waals surface area contributed by atoms with Crippen LogP contribution in [-0.2, 0) is 0 Å². The minimum atomic E-state index is -0.365. The van der Waals surface area contributed by atoms with E-state index in [-0.39, 0.29) is 5.82 Å². The minimum absolute atomic E-state index is 0.348. The molecule has 1 aromatic carbocycles. The van der Waals surface area contributed by atoms with Crippen LogP contribution >= 0.6 is 11.8 Å². The molecule has 0 saturated carbocycles. The van der Waals surface area contributed by atoms with Crippen molar-refractivity contribution in [3.8, 4) is 6.07 Å². The van der Waals surface area contributed by atoms with E-state index in [0.29, 0.717) is 16.5 Å². The second-order valence-electron chi connectivity index (χ2n) is 3.57. The van der Waals surface area contributed by atoms with Gasteiger partial charge in [0.2, 0.25) is 0 Å². The Hall–Kier alpha value is -1.21. The molecule has 1 unspecified atom stereocenters. The zero-order valence-electron chi connectivity index (χ0n) is 9.46. The first-order valence-electron chi connectivity index (χ1n) is 5.13. The first kappa shape index (κ1) is 12.9. The zero-order valence-corrected chi connectivity index (χ0v) is 10.3. The molecule has 0 radical (unpaired) electrons. The summed E-state index contributed by atoms with van der Waals surface area (Å²) in [7, 11) is 0. The number of hydrogen-bond acceptors (Lipinski definition) is 3. The summed E-state index contributed by atoms with van der Waals surface area (Å²) in [6.45, 7) is 2.88. The summed E-state index contributed by atoms with van der Waals surface area (Å²) in [5.74, 6) is -0.365. The van der Waals surface area contributed by atoms with Gasteiger partial charge in [-0.2, -0.15) is 17.0 Å². The lowest BCUT2D eigenvalue weighted by Gasteiger charge is -2.10. The summed E-state index contributed by atoms with van der Waals surface area (Å²) in [4.78, 5) is 0. The highest BCUT2D eigenvalue weighted by Crippen LogP contribution is 2.16. The maximum absolute atomic E-state index is 13.4. The van der Waals surface area contributed by atoms with Crippen molar-refractivity contribution in [1.82, 2.24) is 0 Å². The van der Waals surface area contributed by atoms with Gasteiger partial charge in [-0.25, -0.2) is 4.39 Å². The van der Waals surface area contributed by atoms with Crippen LogP contribution in [-0.4, -0.2) is 18.1 Å². The highest BCUT2D eigenvalue weighted by Gasteiger charge is 2.04. The van der Waals surface area contributed by atoms with Crippen LogP contribution in [0.1, 0.15) is 18.9 Å². The van der Waals surface area contributed by atoms with Crippen LogP contribution in [0.5, 0.6) is 0 Å². The Balaban J connectivity index is 2.52. The molecule has 86 valence electrons. The highest BCUT2D eigenvalue weighted by atomic mass is 32.2. The Bertz CT molecular complexity index is 387. The van der Waals surface area contributed by atoms with E-state index in [4.69, 9.17) is 5.26 Å². The third kappa shape index (κ3) is 3.74. The molecule has 1 atom stereocenters. The van der Waals surface area contributed by atoms with Crippen molar-refractivity contribution in [2.24, 2.45) is 0 Å². The Labute approximate surface area is 99.9 Å². The second kappa shape index (κ2) is 6.39. The number of thioether (sulfide) groups is 1. The molecule has 0 bridgehead atoms. The molecule has 16 heavy (non-hydrogen) atoms. The molecule has 1 rings (SSSR count). The lowest BCUT2D eigenvalue weighted by atomic mass is 10.2. The number of benzene rings is 1. The summed E-state index contributed by atoms with van der Waals surface area (Å²) >= 11 is 1.79. The van der Waals surface area contributed by atoms with E-state index in [1.54, 1.807) is 23.9 Å². The number of halogens is 1. The lowest BCUT2D eigenvalue weighted by molar-refractivity contribution is 0.629. The number of nitrogens with zero attached hydrogens (tertiary/aromatic N) is 1. The third-order valence-corrected chi connectivity index (χ3v) is 3.41. The summed E-state index contributed by atoms with van der Waals surface area (Å²) in [5, 5.41) is 12.2. The van der Waals surface area contributed by atoms with E-state index in [1.807, 2.05) is 6.07 Å². The molecule has 4 heteroatoms. The largest absolute Gasteiger partial charge is 0.383 e. The van der Waals surface area contributed by atoms with Crippen LogP contribution in [0.4, 0.5) is 10.1 Å². The second-order valence-corrected chi connectivity index (χ2v) is 4.84. The Morgan fingerprint density at radius 3 is 2.88 bits per heavy atom. The van der Waals surface area contributed by atoms with Crippen LogP contribution in [0, 0.1) is 17.1 Å². The van der Waals surface area contributed by atoms with Gasteiger partial charge in [-0.15, -0.1) is 0 Å². The molecule has 1 N–H and O–H groups in total. The summed E-state index contributed by atoms with van der Waals surface area (Å²) in [6, 6.07) is 6.38. The summed E-state index contributed by atoms with van der Waals surface area (Å²) < 4.78 is 13.4. The van der Waals surface area contributed by atoms with Gasteiger partial charge < -0.3 is 5.32 Å². The molecule has 1 aromatic rings. The average molecular weight is 238 g/mol. The van der Waals surface area contributed by atoms with E-state index in [0.717, 1.165) is 13.0 Å². The number of nitriles is 1. The summed E-state index contributed by atoms with van der Waals surface area (Å²) in [5.41, 5.74) is 0.813. The number of nitrogens with one attached hydrogen (secondary N) is 1. The molecule has 0 spiro atoms. The van der Waals surface area contributed by atoms with Gasteiger partial charge in [0, 0.05) is 11.8 Å². The average Bonchev–Trinajstić information content (AvgIpc) is 2.30. The number of anilines is 1. The molecule has 2 nitrogen and oxygen atoms in total. The maximum Gasteiger partial charge on any atom is 0.147 e. The van der Waals surface area contributed by atoms with Crippen LogP contribution in [0.25, 0.3) is 0 Å². The van der Waals surface area contributed by atoms with Crippen LogP contribution in [0.15, 0.2) is 18.2 Å². The first-order valence-corrected chi connectivity index (χ1v) is 6.42. The van der Waals surface area contributed by atoms with Gasteiger partial charge in [-0.3, -0.25) is 0 Å². The van der Waals surface area contributed by atoms with Gasteiger partial charge in [-0.1, -0.05) is 6.92 Å². The number of hydrogen-bond donors (Lipinski definition) is 1. The van der Waals surface area contributed by atoms with E-state index in [2.05, 4.69) is 18.5 Å². The van der Waals surface area contributed by atoms with Crippen molar-refractivity contribution < 1.29 is 4.39 Å². The SMILES string of the molecule is CSC(C)CCNc1ccc(C#N)cc1F. The maximum atomic E-state index is 13.4. The smallest absolute Gasteiger partial charge is 0.147 e. The van der Waals surface area contributed by atoms with Crippen molar-refractivity contribution in [2.75, 3.05) is 18.1 Å². The fourth-order valence-corrected chi connectivity index (χ4v) is 1.61. The van der Waals surface area contributed by atoms with Gasteiger partial charge in [0.15, 0.2) is 0 Å². The van der Waals surface area contributed by atoms with Crippen molar-refractivity contribution in [2.45, 2.75) is 18.6 Å². The lowest BCUT2D eigenvalue weighted by Crippen LogP contribution is -2.08. The number of rotatable bonds is 5. The van der Waals surface area contributed by atoms with Crippen LogP contribution < -0.4 is 5.32 Å². The molecular weight excluding hydrogens is 223 g/mol. The molecule has 0 aliphatic rings. The Kier molecular flexibility index (Phi) is 5.13. The highest BCUT2D eigenvalue weighted by molar-refractivity contribution is 7.99. The Morgan fingerprint density at radius 1 is 1.56 bits per heavy atom. The van der Waals surface area contributed by atoms with E-state index in [1.165, 1.54) is 6.07 Å². The molecule has 0 aliphatic heterocycles. The standard InChI is InChI=1S/C12H15FN2S/c1-9(16-2)5-6-15-12-4-3-10(8-14)7-11(12)13/h3-4,7,9,15H,5-6H2,1-2H3. The normalized spacial score (nSPS) is 11.9. The first-order chi connectivity index (χ1) is 7.67. The van der Waals surface area contributed by atoms with E-state index < -0.39 is 0 Å². The molecule has 0 aromatic heterocycles. The van der Waals surface area contributed by atoms with Gasteiger partial charge >= 0.3 is 0 Å².